The highest BCUT2D eigenvalue weighted by atomic mass is 19.3. The largest absolute Gasteiger partial charge is 0.270 e. The molecule has 0 aliphatic rings. The van der Waals surface area contributed by atoms with Crippen molar-refractivity contribution in [3.63, 3.8) is 0 Å². The van der Waals surface area contributed by atoms with Crippen molar-refractivity contribution in [2.75, 3.05) is 0 Å². The Kier molecular flexibility index (Phi) is 2.58. The molecule has 0 N–H and O–H groups in total. The Bertz CT molecular complexity index is 289. The molecule has 0 aliphatic carbocycles. The minimum Gasteiger partial charge on any atom is -0.173 e. The van der Waals surface area contributed by atoms with Crippen molar-refractivity contribution >= 4 is 6.08 Å². The zero-order valence-corrected chi connectivity index (χ0v) is 7.07. The molecule has 0 atom stereocenters. The van der Waals surface area contributed by atoms with Crippen LogP contribution in [0.15, 0.2) is 24.3 Å². The second-order valence-corrected chi connectivity index (χ2v) is 2.86. The lowest BCUT2D eigenvalue weighted by molar-refractivity contribution is 0.429. The summed E-state index contributed by atoms with van der Waals surface area (Å²) in [5.41, 5.74) is 2.57. The van der Waals surface area contributed by atoms with Gasteiger partial charge in [0.15, 0.2) is 0 Å². The Balaban J connectivity index is 3.09. The second-order valence-electron chi connectivity index (χ2n) is 2.86. The SMILES string of the molecule is Cc1cc(C)cc(C=C(F)F)c1. The first kappa shape index (κ1) is 8.91. The number of halogens is 2. The molecule has 0 saturated carbocycles. The third-order valence-corrected chi connectivity index (χ3v) is 1.52. The van der Waals surface area contributed by atoms with E-state index >= 15 is 0 Å². The van der Waals surface area contributed by atoms with E-state index in [4.69, 9.17) is 0 Å². The molecule has 0 aliphatic heterocycles. The second kappa shape index (κ2) is 3.48. The maximum atomic E-state index is 11.8. The molecule has 0 saturated heterocycles. The zero-order valence-electron chi connectivity index (χ0n) is 7.07. The van der Waals surface area contributed by atoms with Gasteiger partial charge in [-0.25, -0.2) is 0 Å². The summed E-state index contributed by atoms with van der Waals surface area (Å²) in [4.78, 5) is 0. The monoisotopic (exact) mass is 168 g/mol. The van der Waals surface area contributed by atoms with Crippen molar-refractivity contribution < 1.29 is 8.78 Å². The molecule has 2 heteroatoms. The number of rotatable bonds is 1. The third kappa shape index (κ3) is 2.46. The van der Waals surface area contributed by atoms with Gasteiger partial charge in [0.1, 0.15) is 0 Å². The van der Waals surface area contributed by atoms with Crippen LogP contribution in [0.2, 0.25) is 0 Å². The Morgan fingerprint density at radius 3 is 2.00 bits per heavy atom. The lowest BCUT2D eigenvalue weighted by atomic mass is 10.1. The van der Waals surface area contributed by atoms with Gasteiger partial charge >= 0.3 is 0 Å². The predicted molar refractivity (Wildman–Crippen MR) is 46.1 cm³/mol. The molecule has 12 heavy (non-hydrogen) atoms. The van der Waals surface area contributed by atoms with Gasteiger partial charge in [0.2, 0.25) is 0 Å². The maximum Gasteiger partial charge on any atom is 0.270 e. The zero-order chi connectivity index (χ0) is 9.14. The van der Waals surface area contributed by atoms with E-state index < -0.39 is 6.08 Å². The Labute approximate surface area is 70.5 Å². The molecule has 0 unspecified atom stereocenters. The van der Waals surface area contributed by atoms with Crippen LogP contribution in [0.5, 0.6) is 0 Å². The molecule has 1 aromatic rings. The lowest BCUT2D eigenvalue weighted by Gasteiger charge is -1.98. The van der Waals surface area contributed by atoms with Gasteiger partial charge in [0.25, 0.3) is 6.08 Å². The molecule has 0 fully saturated rings. The number of aryl methyl sites for hydroxylation is 2. The fourth-order valence-corrected chi connectivity index (χ4v) is 1.22. The van der Waals surface area contributed by atoms with E-state index in [9.17, 15) is 8.78 Å². The fourth-order valence-electron chi connectivity index (χ4n) is 1.22. The fraction of sp³-hybridized carbons (Fsp3) is 0.200. The van der Waals surface area contributed by atoms with E-state index in [1.165, 1.54) is 0 Å². The van der Waals surface area contributed by atoms with Crippen LogP contribution in [0.25, 0.3) is 6.08 Å². The summed E-state index contributed by atoms with van der Waals surface area (Å²) < 4.78 is 23.7. The molecule has 0 aromatic heterocycles. The summed E-state index contributed by atoms with van der Waals surface area (Å²) in [6.45, 7) is 3.78. The smallest absolute Gasteiger partial charge is 0.173 e. The number of hydrogen-bond acceptors (Lipinski definition) is 0. The van der Waals surface area contributed by atoms with Gasteiger partial charge in [0, 0.05) is 6.08 Å². The number of hydrogen-bond donors (Lipinski definition) is 0. The van der Waals surface area contributed by atoms with Crippen LogP contribution < -0.4 is 0 Å². The van der Waals surface area contributed by atoms with Gasteiger partial charge in [0.05, 0.1) is 0 Å². The van der Waals surface area contributed by atoms with Crippen LogP contribution >= 0.6 is 0 Å². The van der Waals surface area contributed by atoms with Crippen molar-refractivity contribution in [3.05, 3.63) is 41.0 Å². The standard InChI is InChI=1S/C10H10F2/c1-7-3-8(2)5-9(4-7)6-10(11)12/h3-6H,1-2H3. The van der Waals surface area contributed by atoms with Gasteiger partial charge in [-0.15, -0.1) is 0 Å². The summed E-state index contributed by atoms with van der Waals surface area (Å²) in [5.74, 6) is 0. The van der Waals surface area contributed by atoms with Crippen LogP contribution in [0.4, 0.5) is 8.78 Å². The molecular formula is C10H10F2. The molecule has 64 valence electrons. The molecule has 0 heterocycles. The molecule has 0 nitrogen and oxygen atoms in total. The van der Waals surface area contributed by atoms with E-state index in [1.54, 1.807) is 12.1 Å². The molecular weight excluding hydrogens is 158 g/mol. The van der Waals surface area contributed by atoms with Crippen LogP contribution in [-0.2, 0) is 0 Å². The highest BCUT2D eigenvalue weighted by molar-refractivity contribution is 5.52. The van der Waals surface area contributed by atoms with Gasteiger partial charge in [-0.3, -0.25) is 0 Å². The lowest BCUT2D eigenvalue weighted by Crippen LogP contribution is -1.79. The van der Waals surface area contributed by atoms with Gasteiger partial charge in [-0.1, -0.05) is 29.3 Å². The summed E-state index contributed by atoms with van der Waals surface area (Å²) >= 11 is 0. The normalized spacial score (nSPS) is 9.67. The molecule has 0 bridgehead atoms. The van der Waals surface area contributed by atoms with E-state index in [1.807, 2.05) is 19.9 Å². The van der Waals surface area contributed by atoms with Crippen molar-refractivity contribution in [1.82, 2.24) is 0 Å². The Morgan fingerprint density at radius 1 is 1.08 bits per heavy atom. The molecule has 1 aromatic carbocycles. The highest BCUT2D eigenvalue weighted by Crippen LogP contribution is 2.13. The van der Waals surface area contributed by atoms with Gasteiger partial charge in [-0.05, 0) is 19.4 Å². The van der Waals surface area contributed by atoms with Crippen molar-refractivity contribution in [3.8, 4) is 0 Å². The van der Waals surface area contributed by atoms with E-state index in [2.05, 4.69) is 0 Å². The first-order valence-corrected chi connectivity index (χ1v) is 3.69. The first-order chi connectivity index (χ1) is 5.58. The summed E-state index contributed by atoms with van der Waals surface area (Å²) in [7, 11) is 0. The van der Waals surface area contributed by atoms with Crippen LogP contribution in [0.1, 0.15) is 16.7 Å². The summed E-state index contributed by atoms with van der Waals surface area (Å²) in [6.07, 6.45) is -0.778. The number of benzene rings is 1. The van der Waals surface area contributed by atoms with Crippen molar-refractivity contribution in [1.29, 1.82) is 0 Å². The van der Waals surface area contributed by atoms with Crippen molar-refractivity contribution in [2.24, 2.45) is 0 Å². The minimum absolute atomic E-state index is 0.563. The van der Waals surface area contributed by atoms with Crippen LogP contribution in [0, 0.1) is 13.8 Å². The predicted octanol–water partition coefficient (Wildman–Crippen LogP) is 3.54. The molecule has 0 amide bonds. The van der Waals surface area contributed by atoms with Crippen LogP contribution in [-0.4, -0.2) is 0 Å². The van der Waals surface area contributed by atoms with Crippen LogP contribution in [0.3, 0.4) is 0 Å². The Morgan fingerprint density at radius 2 is 1.58 bits per heavy atom. The Hall–Kier alpha value is -1.18. The third-order valence-electron chi connectivity index (χ3n) is 1.52. The average Bonchev–Trinajstić information content (AvgIpc) is 1.81. The van der Waals surface area contributed by atoms with Gasteiger partial charge in [-0.2, -0.15) is 8.78 Å². The highest BCUT2D eigenvalue weighted by Gasteiger charge is 1.94. The minimum atomic E-state index is -1.65. The van der Waals surface area contributed by atoms with E-state index in [-0.39, 0.29) is 0 Å². The molecule has 0 spiro atoms. The van der Waals surface area contributed by atoms with Gasteiger partial charge < -0.3 is 0 Å². The van der Waals surface area contributed by atoms with E-state index in [0.29, 0.717) is 5.56 Å². The molecule has 0 radical (unpaired) electrons. The summed E-state index contributed by atoms with van der Waals surface area (Å²) in [6, 6.07) is 5.41. The maximum absolute atomic E-state index is 11.8. The topological polar surface area (TPSA) is 0 Å². The first-order valence-electron chi connectivity index (χ1n) is 3.69. The quantitative estimate of drug-likeness (QED) is 0.601. The van der Waals surface area contributed by atoms with E-state index in [0.717, 1.165) is 17.2 Å². The average molecular weight is 168 g/mol. The summed E-state index contributed by atoms with van der Waals surface area (Å²) in [5, 5.41) is 0. The molecule has 1 rings (SSSR count). The van der Waals surface area contributed by atoms with Crippen molar-refractivity contribution in [2.45, 2.75) is 13.8 Å².